The predicted octanol–water partition coefficient (Wildman–Crippen LogP) is 2.61. The number of nitrogens with zero attached hydrogens (tertiary/aromatic N) is 5. The summed E-state index contributed by atoms with van der Waals surface area (Å²) >= 11 is 0. The van der Waals surface area contributed by atoms with Crippen LogP contribution in [0.5, 0.6) is 0 Å². The molecule has 0 saturated heterocycles. The average Bonchev–Trinajstić information content (AvgIpc) is 3.12. The summed E-state index contributed by atoms with van der Waals surface area (Å²) in [6, 6.07) is 16.3. The van der Waals surface area contributed by atoms with E-state index in [4.69, 9.17) is 0 Å². The van der Waals surface area contributed by atoms with Gasteiger partial charge in [0.05, 0.1) is 11.4 Å². The van der Waals surface area contributed by atoms with Crippen molar-refractivity contribution in [3.63, 3.8) is 0 Å². The van der Waals surface area contributed by atoms with Crippen molar-refractivity contribution in [2.24, 2.45) is 0 Å². The Labute approximate surface area is 156 Å². The molecule has 0 spiro atoms. The first kappa shape index (κ1) is 17.1. The van der Waals surface area contributed by atoms with Crippen molar-refractivity contribution in [1.82, 2.24) is 24.8 Å². The number of pyridine rings is 1. The summed E-state index contributed by atoms with van der Waals surface area (Å²) in [5.74, 6) is 0.547. The number of nitrogens with one attached hydrogen (secondary N) is 1. The minimum absolute atomic E-state index is 0.00950. The molecule has 0 unspecified atom stereocenters. The second kappa shape index (κ2) is 6.76. The van der Waals surface area contributed by atoms with Crippen LogP contribution in [0.25, 0.3) is 28.4 Å². The van der Waals surface area contributed by atoms with E-state index < -0.39 is 10.0 Å². The first-order chi connectivity index (χ1) is 13.1. The van der Waals surface area contributed by atoms with Crippen LogP contribution in [0.4, 0.5) is 5.69 Å². The van der Waals surface area contributed by atoms with E-state index >= 15 is 0 Å². The monoisotopic (exact) mass is 380 g/mol. The highest BCUT2D eigenvalue weighted by Gasteiger charge is 2.12. The van der Waals surface area contributed by atoms with Gasteiger partial charge >= 0.3 is 0 Å². The summed E-state index contributed by atoms with van der Waals surface area (Å²) in [6.07, 6.45) is 1.68. The maximum Gasteiger partial charge on any atom is 0.232 e. The molecule has 4 aromatic rings. The fourth-order valence-electron chi connectivity index (χ4n) is 2.59. The minimum Gasteiger partial charge on any atom is -0.284 e. The van der Waals surface area contributed by atoms with E-state index in [-0.39, 0.29) is 5.75 Å². The van der Waals surface area contributed by atoms with Gasteiger partial charge in [-0.25, -0.2) is 8.42 Å². The summed E-state index contributed by atoms with van der Waals surface area (Å²) in [7, 11) is -3.34. The Hall–Kier alpha value is -3.33. The molecule has 9 heteroatoms. The fraction of sp³-hybridized carbons (Fsp3) is 0.111. The molecular weight excluding hydrogens is 364 g/mol. The molecule has 4 rings (SSSR count). The first-order valence-corrected chi connectivity index (χ1v) is 9.96. The number of anilines is 1. The molecule has 0 amide bonds. The molecule has 27 heavy (non-hydrogen) atoms. The zero-order chi connectivity index (χ0) is 18.9. The largest absolute Gasteiger partial charge is 0.284 e. The van der Waals surface area contributed by atoms with Crippen molar-refractivity contribution in [2.75, 3.05) is 10.5 Å². The molecule has 3 heterocycles. The van der Waals surface area contributed by atoms with Gasteiger partial charge in [-0.1, -0.05) is 18.2 Å². The molecule has 0 bridgehead atoms. The number of rotatable bonds is 5. The Morgan fingerprint density at radius 3 is 2.67 bits per heavy atom. The van der Waals surface area contributed by atoms with Crippen molar-refractivity contribution in [2.45, 2.75) is 6.92 Å². The van der Waals surface area contributed by atoms with Crippen molar-refractivity contribution >= 4 is 21.4 Å². The Kier molecular flexibility index (Phi) is 4.28. The number of sulfonamides is 1. The lowest BCUT2D eigenvalue weighted by atomic mass is 10.1. The van der Waals surface area contributed by atoms with Crippen LogP contribution >= 0.6 is 0 Å². The third-order valence-electron chi connectivity index (χ3n) is 3.97. The lowest BCUT2D eigenvalue weighted by Crippen LogP contribution is -2.14. The zero-order valence-electron chi connectivity index (χ0n) is 14.4. The molecule has 1 N–H and O–H groups in total. The van der Waals surface area contributed by atoms with Crippen molar-refractivity contribution < 1.29 is 8.42 Å². The van der Waals surface area contributed by atoms with Crippen molar-refractivity contribution in [3.8, 4) is 22.8 Å². The number of hydrogen-bond donors (Lipinski definition) is 1. The van der Waals surface area contributed by atoms with Crippen LogP contribution < -0.4 is 4.72 Å². The highest BCUT2D eigenvalue weighted by atomic mass is 32.2. The molecule has 0 aliphatic rings. The molecule has 0 atom stereocenters. The third kappa shape index (κ3) is 3.49. The standard InChI is InChI=1S/C18H16N6O2S/c1-2-27(25,26)23-14-7-5-6-13(12-14)15-9-10-17-20-21-18(24(17)22-15)16-8-3-4-11-19-16/h3-12,23H,2H2,1H3. The third-order valence-corrected chi connectivity index (χ3v) is 5.28. The van der Waals surface area contributed by atoms with Crippen LogP contribution in [0.1, 0.15) is 6.92 Å². The van der Waals surface area contributed by atoms with E-state index in [1.165, 1.54) is 0 Å². The van der Waals surface area contributed by atoms with Gasteiger partial charge in [0.2, 0.25) is 15.8 Å². The second-order valence-corrected chi connectivity index (χ2v) is 7.82. The zero-order valence-corrected chi connectivity index (χ0v) is 15.3. The van der Waals surface area contributed by atoms with E-state index in [0.717, 1.165) is 5.56 Å². The smallest absolute Gasteiger partial charge is 0.232 e. The topological polar surface area (TPSA) is 102 Å². The Balaban J connectivity index is 1.77. The summed E-state index contributed by atoms with van der Waals surface area (Å²) < 4.78 is 27.8. The molecular formula is C18H16N6O2S. The Morgan fingerprint density at radius 2 is 1.89 bits per heavy atom. The molecule has 0 aliphatic heterocycles. The van der Waals surface area contributed by atoms with Crippen molar-refractivity contribution in [1.29, 1.82) is 0 Å². The van der Waals surface area contributed by atoms with Gasteiger partial charge in [-0.3, -0.25) is 9.71 Å². The quantitative estimate of drug-likeness (QED) is 0.571. The van der Waals surface area contributed by atoms with Gasteiger partial charge in [-0.15, -0.1) is 10.2 Å². The normalized spacial score (nSPS) is 11.6. The fourth-order valence-corrected chi connectivity index (χ4v) is 3.22. The number of benzene rings is 1. The maximum atomic E-state index is 11.8. The molecule has 0 fully saturated rings. The molecule has 136 valence electrons. The van der Waals surface area contributed by atoms with Crippen molar-refractivity contribution in [3.05, 3.63) is 60.8 Å². The van der Waals surface area contributed by atoms with Crippen LogP contribution in [-0.4, -0.2) is 39.0 Å². The van der Waals surface area contributed by atoms with Gasteiger partial charge in [0.1, 0.15) is 5.69 Å². The van der Waals surface area contributed by atoms with Crippen LogP contribution in [0.3, 0.4) is 0 Å². The van der Waals surface area contributed by atoms with Gasteiger partial charge in [0.15, 0.2) is 5.65 Å². The van der Waals surface area contributed by atoms with Crippen LogP contribution in [0.2, 0.25) is 0 Å². The minimum atomic E-state index is -3.34. The lowest BCUT2D eigenvalue weighted by Gasteiger charge is -2.08. The predicted molar refractivity (Wildman–Crippen MR) is 103 cm³/mol. The Bertz CT molecular complexity index is 1200. The molecule has 0 aliphatic carbocycles. The van der Waals surface area contributed by atoms with E-state index in [2.05, 4.69) is 25.0 Å². The van der Waals surface area contributed by atoms with Gasteiger partial charge in [-0.05, 0) is 43.3 Å². The van der Waals surface area contributed by atoms with E-state index in [9.17, 15) is 8.42 Å². The molecule has 8 nitrogen and oxygen atoms in total. The highest BCUT2D eigenvalue weighted by Crippen LogP contribution is 2.23. The molecule has 1 aromatic carbocycles. The van der Waals surface area contributed by atoms with Crippen LogP contribution in [0.15, 0.2) is 60.8 Å². The van der Waals surface area contributed by atoms with Gasteiger partial charge < -0.3 is 0 Å². The highest BCUT2D eigenvalue weighted by molar-refractivity contribution is 7.92. The summed E-state index contributed by atoms with van der Waals surface area (Å²) in [5, 5.41) is 12.9. The van der Waals surface area contributed by atoms with E-state index in [0.29, 0.717) is 28.5 Å². The maximum absolute atomic E-state index is 11.8. The van der Waals surface area contributed by atoms with Gasteiger partial charge in [0.25, 0.3) is 0 Å². The second-order valence-electron chi connectivity index (χ2n) is 5.81. The molecule has 0 radical (unpaired) electrons. The average molecular weight is 380 g/mol. The lowest BCUT2D eigenvalue weighted by molar-refractivity contribution is 0.602. The van der Waals surface area contributed by atoms with Gasteiger partial charge in [0, 0.05) is 17.4 Å². The molecule has 0 saturated carbocycles. The first-order valence-electron chi connectivity index (χ1n) is 8.30. The summed E-state index contributed by atoms with van der Waals surface area (Å²) in [4.78, 5) is 4.30. The van der Waals surface area contributed by atoms with E-state index in [1.54, 1.807) is 35.8 Å². The van der Waals surface area contributed by atoms with Gasteiger partial charge in [-0.2, -0.15) is 9.61 Å². The molecule has 3 aromatic heterocycles. The van der Waals surface area contributed by atoms with Crippen LogP contribution in [0, 0.1) is 0 Å². The van der Waals surface area contributed by atoms with E-state index in [1.807, 2.05) is 36.4 Å². The summed E-state index contributed by atoms with van der Waals surface area (Å²) in [6.45, 7) is 1.59. The SMILES string of the molecule is CCS(=O)(=O)Nc1cccc(-c2ccc3nnc(-c4ccccn4)n3n2)c1. The number of fused-ring (bicyclic) bond motifs is 1. The van der Waals surface area contributed by atoms with Crippen LogP contribution in [-0.2, 0) is 10.0 Å². The number of aromatic nitrogens is 5. The number of hydrogen-bond acceptors (Lipinski definition) is 6. The summed E-state index contributed by atoms with van der Waals surface area (Å²) in [5.41, 5.74) is 3.19. The Morgan fingerprint density at radius 1 is 1.00 bits per heavy atom.